The van der Waals surface area contributed by atoms with Crippen LogP contribution in [0.1, 0.15) is 29.1 Å². The van der Waals surface area contributed by atoms with Gasteiger partial charge in [-0.2, -0.15) is 31.3 Å². The Morgan fingerprint density at radius 3 is 2.39 bits per heavy atom. The Morgan fingerprint density at radius 2 is 1.77 bits per heavy atom. The molecule has 4 rings (SSSR count). The Labute approximate surface area is 170 Å². The molecule has 3 aromatic rings. The molecule has 6 nitrogen and oxygen atoms in total. The summed E-state index contributed by atoms with van der Waals surface area (Å²) in [6, 6.07) is 6.46. The Kier molecular flexibility index (Phi) is 4.94. The van der Waals surface area contributed by atoms with Gasteiger partial charge in [0.25, 0.3) is 0 Å². The van der Waals surface area contributed by atoms with Crippen molar-refractivity contribution in [3.8, 4) is 11.4 Å². The number of para-hydroxylation sites is 1. The van der Waals surface area contributed by atoms with Gasteiger partial charge in [-0.15, -0.1) is 0 Å². The molecule has 1 aliphatic rings. The van der Waals surface area contributed by atoms with Crippen molar-refractivity contribution in [2.45, 2.75) is 31.7 Å². The number of anilines is 1. The summed E-state index contributed by atoms with van der Waals surface area (Å²) in [5, 5.41) is 3.24. The van der Waals surface area contributed by atoms with Crippen LogP contribution in [-0.2, 0) is 30.1 Å². The number of benzene rings is 1. The molecule has 1 aromatic carbocycles. The molecule has 0 saturated carbocycles. The van der Waals surface area contributed by atoms with E-state index in [2.05, 4.69) is 19.6 Å². The molecule has 0 aliphatic carbocycles. The van der Waals surface area contributed by atoms with Gasteiger partial charge in [0.2, 0.25) is 11.7 Å². The quantitative estimate of drug-likeness (QED) is 0.553. The molecule has 0 spiro atoms. The zero-order valence-electron chi connectivity index (χ0n) is 15.5. The minimum absolute atomic E-state index is 0.0511. The van der Waals surface area contributed by atoms with Gasteiger partial charge in [-0.3, -0.25) is 9.78 Å². The summed E-state index contributed by atoms with van der Waals surface area (Å²) in [6.07, 6.45) is -8.04. The van der Waals surface area contributed by atoms with Crippen molar-refractivity contribution in [1.29, 1.82) is 0 Å². The Balaban J connectivity index is 1.62. The van der Waals surface area contributed by atoms with Crippen LogP contribution < -0.4 is 4.90 Å². The SMILES string of the molecule is O=C1CCc2cccc(C(F)(F)F)c2N1Cc1ccc(-c2noc(C(F)(F)F)n2)cn1. The van der Waals surface area contributed by atoms with Gasteiger partial charge in [0.15, 0.2) is 0 Å². The summed E-state index contributed by atoms with van der Waals surface area (Å²) in [5.41, 5.74) is -0.366. The molecular formula is C19H12F6N4O2. The van der Waals surface area contributed by atoms with Crippen molar-refractivity contribution < 1.29 is 35.7 Å². The van der Waals surface area contributed by atoms with Gasteiger partial charge in [0.05, 0.1) is 23.5 Å². The summed E-state index contributed by atoms with van der Waals surface area (Å²) in [4.78, 5) is 20.7. The van der Waals surface area contributed by atoms with Gasteiger partial charge >= 0.3 is 18.2 Å². The van der Waals surface area contributed by atoms with E-state index in [0.717, 1.165) is 17.2 Å². The number of fused-ring (bicyclic) bond motifs is 1. The largest absolute Gasteiger partial charge is 0.471 e. The third kappa shape index (κ3) is 4.09. The zero-order valence-corrected chi connectivity index (χ0v) is 15.5. The van der Waals surface area contributed by atoms with Crippen molar-refractivity contribution in [2.24, 2.45) is 0 Å². The fourth-order valence-corrected chi connectivity index (χ4v) is 3.28. The number of nitrogens with zero attached hydrogens (tertiary/aromatic N) is 4. The van der Waals surface area contributed by atoms with E-state index < -0.39 is 29.7 Å². The number of pyridine rings is 1. The molecule has 0 fully saturated rings. The normalized spacial score (nSPS) is 14.6. The molecular weight excluding hydrogens is 430 g/mol. The first kappa shape index (κ1) is 20.8. The van der Waals surface area contributed by atoms with Crippen LogP contribution in [0.3, 0.4) is 0 Å². The van der Waals surface area contributed by atoms with Crippen LogP contribution in [0.15, 0.2) is 41.1 Å². The van der Waals surface area contributed by atoms with Crippen LogP contribution in [0.4, 0.5) is 32.0 Å². The molecule has 0 N–H and O–H groups in total. The number of carbonyl (C=O) groups is 1. The molecule has 31 heavy (non-hydrogen) atoms. The van der Waals surface area contributed by atoms with E-state index in [1.54, 1.807) is 0 Å². The van der Waals surface area contributed by atoms with Gasteiger partial charge in [0.1, 0.15) is 0 Å². The first-order valence-electron chi connectivity index (χ1n) is 8.89. The van der Waals surface area contributed by atoms with E-state index in [0.29, 0.717) is 5.56 Å². The maximum atomic E-state index is 13.5. The summed E-state index contributed by atoms with van der Waals surface area (Å²) >= 11 is 0. The number of amides is 1. The average molecular weight is 442 g/mol. The van der Waals surface area contributed by atoms with Gasteiger partial charge in [-0.25, -0.2) is 0 Å². The Bertz CT molecular complexity index is 1120. The minimum Gasteiger partial charge on any atom is -0.329 e. The fraction of sp³-hybridized carbons (Fsp3) is 0.263. The maximum Gasteiger partial charge on any atom is 0.471 e. The molecule has 0 saturated heterocycles. The van der Waals surface area contributed by atoms with Gasteiger partial charge in [0, 0.05) is 18.2 Å². The van der Waals surface area contributed by atoms with Crippen molar-refractivity contribution >= 4 is 11.6 Å². The van der Waals surface area contributed by atoms with Crippen LogP contribution in [0.25, 0.3) is 11.4 Å². The second kappa shape index (κ2) is 7.36. The van der Waals surface area contributed by atoms with E-state index in [-0.39, 0.29) is 42.2 Å². The molecule has 0 atom stereocenters. The number of halogens is 6. The number of aromatic nitrogens is 3. The molecule has 0 radical (unpaired) electrons. The molecule has 3 heterocycles. The lowest BCUT2D eigenvalue weighted by Crippen LogP contribution is -2.36. The van der Waals surface area contributed by atoms with E-state index in [4.69, 9.17) is 0 Å². The van der Waals surface area contributed by atoms with Crippen LogP contribution in [-0.4, -0.2) is 21.0 Å². The molecule has 162 valence electrons. The number of rotatable bonds is 3. The standard InChI is InChI=1S/C19H12F6N4O2/c20-18(21,22)13-3-1-2-10-5-7-14(30)29(15(10)13)9-12-6-4-11(8-26-12)16-27-17(31-28-16)19(23,24)25/h1-4,6,8H,5,7,9H2. The second-order valence-electron chi connectivity index (χ2n) is 6.75. The molecule has 0 unspecified atom stereocenters. The molecule has 1 amide bonds. The summed E-state index contributed by atoms with van der Waals surface area (Å²) in [7, 11) is 0. The predicted octanol–water partition coefficient (Wildman–Crippen LogP) is 4.65. The van der Waals surface area contributed by atoms with Crippen LogP contribution in [0, 0.1) is 0 Å². The van der Waals surface area contributed by atoms with Gasteiger partial charge < -0.3 is 9.42 Å². The van der Waals surface area contributed by atoms with Gasteiger partial charge in [-0.05, 0) is 30.2 Å². The highest BCUT2D eigenvalue weighted by atomic mass is 19.4. The monoisotopic (exact) mass is 442 g/mol. The lowest BCUT2D eigenvalue weighted by molar-refractivity contribution is -0.159. The van der Waals surface area contributed by atoms with E-state index in [9.17, 15) is 31.1 Å². The molecule has 2 aromatic heterocycles. The number of carbonyl (C=O) groups excluding carboxylic acids is 1. The number of alkyl halides is 6. The summed E-state index contributed by atoms with van der Waals surface area (Å²) in [6.45, 7) is -0.237. The second-order valence-corrected chi connectivity index (χ2v) is 6.75. The van der Waals surface area contributed by atoms with Crippen LogP contribution >= 0.6 is 0 Å². The van der Waals surface area contributed by atoms with Crippen LogP contribution in [0.5, 0.6) is 0 Å². The van der Waals surface area contributed by atoms with Crippen LogP contribution in [0.2, 0.25) is 0 Å². The predicted molar refractivity (Wildman–Crippen MR) is 93.5 cm³/mol. The number of hydrogen-bond donors (Lipinski definition) is 0. The maximum absolute atomic E-state index is 13.5. The lowest BCUT2D eigenvalue weighted by Gasteiger charge is -2.31. The Hall–Kier alpha value is -3.44. The molecule has 12 heteroatoms. The topological polar surface area (TPSA) is 72.1 Å². The van der Waals surface area contributed by atoms with E-state index in [1.807, 2.05) is 0 Å². The first-order valence-corrected chi connectivity index (χ1v) is 8.89. The van der Waals surface area contributed by atoms with E-state index in [1.165, 1.54) is 24.3 Å². The average Bonchev–Trinajstić information content (AvgIpc) is 3.20. The smallest absolute Gasteiger partial charge is 0.329 e. The lowest BCUT2D eigenvalue weighted by atomic mass is 9.96. The fourth-order valence-electron chi connectivity index (χ4n) is 3.28. The third-order valence-electron chi connectivity index (χ3n) is 4.68. The highest BCUT2D eigenvalue weighted by Gasteiger charge is 2.39. The Morgan fingerprint density at radius 1 is 1.00 bits per heavy atom. The highest BCUT2D eigenvalue weighted by Crippen LogP contribution is 2.41. The van der Waals surface area contributed by atoms with Crippen molar-refractivity contribution in [3.05, 3.63) is 59.2 Å². The van der Waals surface area contributed by atoms with Crippen molar-refractivity contribution in [3.63, 3.8) is 0 Å². The molecule has 1 aliphatic heterocycles. The van der Waals surface area contributed by atoms with E-state index >= 15 is 0 Å². The summed E-state index contributed by atoms with van der Waals surface area (Å²) in [5.74, 6) is -2.34. The first-order chi connectivity index (χ1) is 14.5. The third-order valence-corrected chi connectivity index (χ3v) is 4.68. The van der Waals surface area contributed by atoms with Crippen molar-refractivity contribution in [1.82, 2.24) is 15.1 Å². The molecule has 0 bridgehead atoms. The number of hydrogen-bond acceptors (Lipinski definition) is 5. The summed E-state index contributed by atoms with van der Waals surface area (Å²) < 4.78 is 82.4. The number of aryl methyl sites for hydroxylation is 1. The van der Waals surface area contributed by atoms with Gasteiger partial charge in [-0.1, -0.05) is 17.3 Å². The minimum atomic E-state index is -4.79. The van der Waals surface area contributed by atoms with Crippen molar-refractivity contribution in [2.75, 3.05) is 4.90 Å². The zero-order chi connectivity index (χ0) is 22.4. The highest BCUT2D eigenvalue weighted by molar-refractivity contribution is 5.97.